The van der Waals surface area contributed by atoms with Gasteiger partial charge in [-0.1, -0.05) is 11.6 Å². The van der Waals surface area contributed by atoms with Crippen LogP contribution in [0.4, 0.5) is 0 Å². The highest BCUT2D eigenvalue weighted by molar-refractivity contribution is 7.98. The van der Waals surface area contributed by atoms with Crippen LogP contribution in [0.25, 0.3) is 0 Å². The van der Waals surface area contributed by atoms with Crippen molar-refractivity contribution < 1.29 is 0 Å². The van der Waals surface area contributed by atoms with Gasteiger partial charge in [0.1, 0.15) is 5.15 Å². The van der Waals surface area contributed by atoms with E-state index in [1.807, 2.05) is 11.8 Å². The van der Waals surface area contributed by atoms with Crippen LogP contribution in [-0.4, -0.2) is 10.7 Å². The van der Waals surface area contributed by atoms with E-state index in [1.54, 1.807) is 6.20 Å². The minimum Gasteiger partial charge on any atom is -0.244 e. The van der Waals surface area contributed by atoms with Crippen LogP contribution in [0.5, 0.6) is 0 Å². The van der Waals surface area contributed by atoms with Gasteiger partial charge in [-0.05, 0) is 23.8 Å². The number of pyridine rings is 1. The second-order valence-corrected chi connectivity index (χ2v) is 4.01. The molecule has 2 rings (SSSR count). The standard InChI is InChI=1S/C8H8ClNS/c9-8-7-5-11-4-2-6(7)1-3-10-8/h1,3H,2,4-5H2. The van der Waals surface area contributed by atoms with E-state index in [2.05, 4.69) is 11.1 Å². The fourth-order valence-corrected chi connectivity index (χ4v) is 2.61. The number of fused-ring (bicyclic) bond motifs is 1. The van der Waals surface area contributed by atoms with Crippen LogP contribution >= 0.6 is 23.4 Å². The molecule has 0 aliphatic carbocycles. The molecule has 3 heteroatoms. The van der Waals surface area contributed by atoms with Crippen LogP contribution in [0, 0.1) is 0 Å². The van der Waals surface area contributed by atoms with Gasteiger partial charge in [-0.2, -0.15) is 11.8 Å². The highest BCUT2D eigenvalue weighted by Crippen LogP contribution is 2.28. The van der Waals surface area contributed by atoms with Gasteiger partial charge in [-0.3, -0.25) is 0 Å². The Balaban J connectivity index is 2.49. The van der Waals surface area contributed by atoms with E-state index in [4.69, 9.17) is 11.6 Å². The van der Waals surface area contributed by atoms with Crippen LogP contribution < -0.4 is 0 Å². The van der Waals surface area contributed by atoms with Crippen molar-refractivity contribution in [1.29, 1.82) is 0 Å². The van der Waals surface area contributed by atoms with E-state index in [0.29, 0.717) is 5.15 Å². The van der Waals surface area contributed by atoms with Gasteiger partial charge in [-0.15, -0.1) is 0 Å². The summed E-state index contributed by atoms with van der Waals surface area (Å²) in [6.45, 7) is 0. The molecule has 0 amide bonds. The summed E-state index contributed by atoms with van der Waals surface area (Å²) in [5.41, 5.74) is 2.62. The highest BCUT2D eigenvalue weighted by Gasteiger charge is 2.12. The number of aromatic nitrogens is 1. The average Bonchev–Trinajstić information content (AvgIpc) is 2.06. The Morgan fingerprint density at radius 3 is 3.27 bits per heavy atom. The van der Waals surface area contributed by atoms with Crippen molar-refractivity contribution in [1.82, 2.24) is 4.98 Å². The van der Waals surface area contributed by atoms with Crippen molar-refractivity contribution in [2.75, 3.05) is 5.75 Å². The quantitative estimate of drug-likeness (QED) is 0.577. The molecule has 0 N–H and O–H groups in total. The van der Waals surface area contributed by atoms with Gasteiger partial charge in [-0.25, -0.2) is 4.98 Å². The number of aryl methyl sites for hydroxylation is 1. The van der Waals surface area contributed by atoms with E-state index in [0.717, 1.165) is 12.2 Å². The molecule has 0 unspecified atom stereocenters. The van der Waals surface area contributed by atoms with Gasteiger partial charge in [0.05, 0.1) is 0 Å². The first-order valence-corrected chi connectivity index (χ1v) is 5.11. The molecule has 2 heterocycles. The van der Waals surface area contributed by atoms with E-state index in [1.165, 1.54) is 16.9 Å². The van der Waals surface area contributed by atoms with Gasteiger partial charge in [0.15, 0.2) is 0 Å². The Labute approximate surface area is 75.2 Å². The molecule has 1 aliphatic heterocycles. The topological polar surface area (TPSA) is 12.9 Å². The Bertz CT molecular complexity index is 275. The zero-order chi connectivity index (χ0) is 7.68. The predicted molar refractivity (Wildman–Crippen MR) is 49.1 cm³/mol. The largest absolute Gasteiger partial charge is 0.244 e. The molecule has 0 spiro atoms. The van der Waals surface area contributed by atoms with Crippen LogP contribution in [0.2, 0.25) is 5.15 Å². The summed E-state index contributed by atoms with van der Waals surface area (Å²) < 4.78 is 0. The van der Waals surface area contributed by atoms with Crippen molar-refractivity contribution in [2.24, 2.45) is 0 Å². The lowest BCUT2D eigenvalue weighted by molar-refractivity contribution is 1.06. The lowest BCUT2D eigenvalue weighted by Gasteiger charge is -2.14. The smallest absolute Gasteiger partial charge is 0.133 e. The highest BCUT2D eigenvalue weighted by atomic mass is 35.5. The van der Waals surface area contributed by atoms with Gasteiger partial charge < -0.3 is 0 Å². The van der Waals surface area contributed by atoms with Gasteiger partial charge in [0.2, 0.25) is 0 Å². The molecular formula is C8H8ClNS. The molecule has 0 bridgehead atoms. The summed E-state index contributed by atoms with van der Waals surface area (Å²) in [6.07, 6.45) is 2.93. The van der Waals surface area contributed by atoms with Crippen LogP contribution in [0.3, 0.4) is 0 Å². The van der Waals surface area contributed by atoms with Crippen molar-refractivity contribution in [2.45, 2.75) is 12.2 Å². The fraction of sp³-hybridized carbons (Fsp3) is 0.375. The molecule has 0 saturated carbocycles. The molecule has 1 aliphatic rings. The number of rotatable bonds is 0. The van der Waals surface area contributed by atoms with E-state index in [9.17, 15) is 0 Å². The second kappa shape index (κ2) is 3.03. The first-order valence-electron chi connectivity index (χ1n) is 3.58. The normalized spacial score (nSPS) is 16.1. The zero-order valence-electron chi connectivity index (χ0n) is 6.01. The lowest BCUT2D eigenvalue weighted by atomic mass is 10.1. The van der Waals surface area contributed by atoms with E-state index in [-0.39, 0.29) is 0 Å². The van der Waals surface area contributed by atoms with Crippen molar-refractivity contribution in [3.05, 3.63) is 28.5 Å². The maximum absolute atomic E-state index is 5.92. The van der Waals surface area contributed by atoms with Crippen LogP contribution in [0.15, 0.2) is 12.3 Å². The third-order valence-corrected chi connectivity index (χ3v) is 3.17. The molecule has 58 valence electrons. The molecular weight excluding hydrogens is 178 g/mol. The Kier molecular flexibility index (Phi) is 2.05. The molecule has 1 nitrogen and oxygen atoms in total. The van der Waals surface area contributed by atoms with Crippen molar-refractivity contribution >= 4 is 23.4 Å². The predicted octanol–water partition coefficient (Wildman–Crippen LogP) is 2.52. The first-order chi connectivity index (χ1) is 5.38. The van der Waals surface area contributed by atoms with Gasteiger partial charge in [0.25, 0.3) is 0 Å². The molecule has 1 aromatic heterocycles. The monoisotopic (exact) mass is 185 g/mol. The summed E-state index contributed by atoms with van der Waals surface area (Å²) in [4.78, 5) is 4.04. The maximum atomic E-state index is 5.92. The third kappa shape index (κ3) is 1.37. The third-order valence-electron chi connectivity index (χ3n) is 1.86. The summed E-state index contributed by atoms with van der Waals surface area (Å²) >= 11 is 7.85. The van der Waals surface area contributed by atoms with E-state index >= 15 is 0 Å². The average molecular weight is 186 g/mol. The summed E-state index contributed by atoms with van der Waals surface area (Å²) in [6, 6.07) is 2.07. The van der Waals surface area contributed by atoms with Crippen LogP contribution in [0.1, 0.15) is 11.1 Å². The number of hydrogen-bond acceptors (Lipinski definition) is 2. The van der Waals surface area contributed by atoms with E-state index < -0.39 is 0 Å². The van der Waals surface area contributed by atoms with Crippen LogP contribution in [-0.2, 0) is 12.2 Å². The number of hydrogen-bond donors (Lipinski definition) is 0. The minimum absolute atomic E-state index is 0.690. The summed E-state index contributed by atoms with van der Waals surface area (Å²) in [5, 5.41) is 0.690. The number of halogens is 1. The summed E-state index contributed by atoms with van der Waals surface area (Å²) in [7, 11) is 0. The second-order valence-electron chi connectivity index (χ2n) is 2.54. The SMILES string of the molecule is Clc1nccc2c1CSCC2. The molecule has 11 heavy (non-hydrogen) atoms. The lowest BCUT2D eigenvalue weighted by Crippen LogP contribution is -2.03. The molecule has 0 aromatic carbocycles. The zero-order valence-corrected chi connectivity index (χ0v) is 7.58. The Morgan fingerprint density at radius 2 is 2.45 bits per heavy atom. The Morgan fingerprint density at radius 1 is 1.55 bits per heavy atom. The first kappa shape index (κ1) is 7.44. The Hall–Kier alpha value is -0.210. The van der Waals surface area contributed by atoms with Crippen molar-refractivity contribution in [3.8, 4) is 0 Å². The van der Waals surface area contributed by atoms with Crippen molar-refractivity contribution in [3.63, 3.8) is 0 Å². The summed E-state index contributed by atoms with van der Waals surface area (Å²) in [5.74, 6) is 2.25. The van der Waals surface area contributed by atoms with Gasteiger partial charge in [0, 0.05) is 17.5 Å². The molecule has 0 saturated heterocycles. The molecule has 0 fully saturated rings. The fourth-order valence-electron chi connectivity index (χ4n) is 1.25. The molecule has 1 aromatic rings. The number of thioether (sulfide) groups is 1. The minimum atomic E-state index is 0.690. The molecule has 0 atom stereocenters. The van der Waals surface area contributed by atoms with Gasteiger partial charge >= 0.3 is 0 Å². The number of nitrogens with zero attached hydrogens (tertiary/aromatic N) is 1. The molecule has 0 radical (unpaired) electrons. The maximum Gasteiger partial charge on any atom is 0.133 e.